The maximum absolute atomic E-state index is 13.5. The van der Waals surface area contributed by atoms with Gasteiger partial charge in [0.15, 0.2) is 11.4 Å². The van der Waals surface area contributed by atoms with Gasteiger partial charge >= 0.3 is 10.4 Å². The molecule has 0 spiro atoms. The Morgan fingerprint density at radius 3 is 2.11 bits per heavy atom. The number of ketones is 2. The van der Waals surface area contributed by atoms with Crippen LogP contribution in [0.3, 0.4) is 0 Å². The van der Waals surface area contributed by atoms with Crippen LogP contribution in [-0.2, 0) is 26.4 Å². The number of phenolic OH excluding ortho intramolecular Hbond substituents is 1. The highest BCUT2D eigenvalue weighted by Crippen LogP contribution is 2.52. The Morgan fingerprint density at radius 2 is 1.63 bits per heavy atom. The Balaban J connectivity index is 0.000000732. The second kappa shape index (κ2) is 9.67. The zero-order valence-corrected chi connectivity index (χ0v) is 21.7. The van der Waals surface area contributed by atoms with Crippen LogP contribution in [-0.4, -0.2) is 100 Å². The van der Waals surface area contributed by atoms with Crippen LogP contribution in [0.1, 0.15) is 22.3 Å². The van der Waals surface area contributed by atoms with E-state index >= 15 is 0 Å². The van der Waals surface area contributed by atoms with E-state index in [0.29, 0.717) is 5.56 Å². The maximum atomic E-state index is 13.5. The van der Waals surface area contributed by atoms with Gasteiger partial charge in [-0.3, -0.25) is 28.4 Å². The number of nitrogens with zero attached hydrogens (tertiary/aromatic N) is 2. The lowest BCUT2D eigenvalue weighted by atomic mass is 9.58. The van der Waals surface area contributed by atoms with E-state index in [1.807, 2.05) is 0 Å². The molecule has 8 N–H and O–H groups in total. The fourth-order valence-electron chi connectivity index (χ4n) is 5.65. The lowest BCUT2D eigenvalue weighted by molar-refractivity contribution is -0.148. The van der Waals surface area contributed by atoms with Gasteiger partial charge in [0.2, 0.25) is 5.78 Å². The molecule has 0 fully saturated rings. The topological polar surface area (TPSA) is 239 Å². The molecule has 208 valence electrons. The first-order valence-electron chi connectivity index (χ1n) is 11.2. The van der Waals surface area contributed by atoms with Gasteiger partial charge in [-0.05, 0) is 50.6 Å². The number of rotatable bonds is 3. The van der Waals surface area contributed by atoms with Crippen molar-refractivity contribution >= 4 is 33.6 Å². The molecule has 15 heteroatoms. The summed E-state index contributed by atoms with van der Waals surface area (Å²) in [5, 5.41) is 43.9. The maximum Gasteiger partial charge on any atom is 0.394 e. The first-order valence-corrected chi connectivity index (χ1v) is 12.6. The average Bonchev–Trinajstić information content (AvgIpc) is 2.74. The molecule has 3 aliphatic rings. The number of aromatic hydroxyl groups is 1. The minimum Gasteiger partial charge on any atom is -0.510 e. The molecule has 0 bridgehead atoms. The minimum absolute atomic E-state index is 0.00184. The Hall–Kier alpha value is -3.50. The van der Waals surface area contributed by atoms with Gasteiger partial charge in [0.25, 0.3) is 5.91 Å². The number of aliphatic hydroxyl groups is 3. The molecule has 4 atom stereocenters. The van der Waals surface area contributed by atoms with Gasteiger partial charge in [0, 0.05) is 31.3 Å². The van der Waals surface area contributed by atoms with E-state index in [1.54, 1.807) is 39.2 Å². The number of amides is 1. The van der Waals surface area contributed by atoms with Crippen LogP contribution in [0, 0.1) is 11.8 Å². The number of hydrogen-bond acceptors (Lipinski definition) is 11. The number of carbonyl (C=O) groups excluding carboxylic acids is 3. The van der Waals surface area contributed by atoms with Crippen molar-refractivity contribution in [2.24, 2.45) is 17.6 Å². The van der Waals surface area contributed by atoms with Gasteiger partial charge in [0.1, 0.15) is 22.8 Å². The molecule has 1 amide bonds. The van der Waals surface area contributed by atoms with E-state index in [-0.39, 0.29) is 29.7 Å². The van der Waals surface area contributed by atoms with Gasteiger partial charge < -0.3 is 31.1 Å². The number of nitrogens with two attached hydrogens (primary N) is 1. The standard InChI is InChI=1S/C23H27N3O7.H2O4S/c1-25(2)12-5-6-13(27)15-10(12)7-9-8-11-17(26(3)4)19(29)16(22(24)32)21(31)23(11,33)20(30)14(9)18(15)28;1-5(2,3)4/h5-6,9,11,17,27,29-30,33H,7-8H2,1-4H3,(H2,24,32);(H2,1,2,3,4)/t9-,11+,17-,23-;/m0./s1. The molecule has 0 aliphatic heterocycles. The van der Waals surface area contributed by atoms with Crippen molar-refractivity contribution < 1.29 is 52.3 Å². The zero-order chi connectivity index (χ0) is 29.1. The van der Waals surface area contributed by atoms with Crippen LogP contribution in [0.4, 0.5) is 5.69 Å². The third-order valence-corrected chi connectivity index (χ3v) is 7.06. The number of hydrogen-bond donors (Lipinski definition) is 7. The number of allylic oxidation sites excluding steroid dienone is 1. The summed E-state index contributed by atoms with van der Waals surface area (Å²) in [5.41, 5.74) is 3.02. The predicted molar refractivity (Wildman–Crippen MR) is 132 cm³/mol. The van der Waals surface area contributed by atoms with E-state index in [2.05, 4.69) is 0 Å². The number of likely N-dealkylation sites (N-methyl/N-ethyl adjacent to an activating group) is 1. The van der Waals surface area contributed by atoms with E-state index in [4.69, 9.17) is 23.3 Å². The largest absolute Gasteiger partial charge is 0.510 e. The molecule has 3 aliphatic carbocycles. The van der Waals surface area contributed by atoms with Crippen LogP contribution in [0.5, 0.6) is 5.75 Å². The minimum atomic E-state index is -4.67. The summed E-state index contributed by atoms with van der Waals surface area (Å²) in [6.45, 7) is 0. The van der Waals surface area contributed by atoms with Crippen LogP contribution >= 0.6 is 0 Å². The molecule has 14 nitrogen and oxygen atoms in total. The Morgan fingerprint density at radius 1 is 1.08 bits per heavy atom. The van der Waals surface area contributed by atoms with Gasteiger partial charge in [0.05, 0.1) is 11.6 Å². The van der Waals surface area contributed by atoms with E-state index in [0.717, 1.165) is 5.69 Å². The normalized spacial score (nSPS) is 26.8. The fraction of sp³-hybridized carbons (Fsp3) is 0.435. The number of aliphatic hydroxyl groups excluding tert-OH is 2. The molecular weight excluding hydrogens is 526 g/mol. The first kappa shape index (κ1) is 29.1. The third kappa shape index (κ3) is 4.63. The second-order valence-corrected chi connectivity index (χ2v) is 10.7. The van der Waals surface area contributed by atoms with Crippen molar-refractivity contribution in [3.05, 3.63) is 45.9 Å². The molecule has 0 radical (unpaired) electrons. The van der Waals surface area contributed by atoms with Crippen LogP contribution in [0.25, 0.3) is 0 Å². The molecule has 4 rings (SSSR count). The molecule has 0 saturated heterocycles. The number of Topliss-reactive ketones (excluding diaryl/α,β-unsaturated/α-hetero) is 2. The molecule has 38 heavy (non-hydrogen) atoms. The number of carbonyl (C=O) groups is 3. The molecule has 0 heterocycles. The number of anilines is 1. The van der Waals surface area contributed by atoms with E-state index < -0.39 is 68.4 Å². The molecule has 0 unspecified atom stereocenters. The fourth-order valence-corrected chi connectivity index (χ4v) is 5.65. The summed E-state index contributed by atoms with van der Waals surface area (Å²) in [5.74, 6) is -6.53. The molecule has 0 saturated carbocycles. The monoisotopic (exact) mass is 555 g/mol. The molecular formula is C23H29N3O11S. The quantitative estimate of drug-likeness (QED) is 0.185. The number of phenols is 1. The summed E-state index contributed by atoms with van der Waals surface area (Å²) in [7, 11) is 2.12. The van der Waals surface area contributed by atoms with Gasteiger partial charge in [-0.15, -0.1) is 0 Å². The van der Waals surface area contributed by atoms with Gasteiger partial charge in [-0.25, -0.2) is 0 Å². The lowest BCUT2D eigenvalue weighted by Gasteiger charge is -2.50. The van der Waals surface area contributed by atoms with Crippen molar-refractivity contribution in [2.45, 2.75) is 24.5 Å². The zero-order valence-electron chi connectivity index (χ0n) is 20.9. The average molecular weight is 556 g/mol. The first-order chi connectivity index (χ1) is 17.3. The van der Waals surface area contributed by atoms with E-state index in [9.17, 15) is 34.8 Å². The number of fused-ring (bicyclic) bond motifs is 3. The summed E-state index contributed by atoms with van der Waals surface area (Å²) < 4.78 is 31.6. The van der Waals surface area contributed by atoms with Crippen molar-refractivity contribution in [2.75, 3.05) is 33.1 Å². The highest BCUT2D eigenvalue weighted by molar-refractivity contribution is 7.79. The lowest BCUT2D eigenvalue weighted by Crippen LogP contribution is -2.63. The number of primary amides is 1. The van der Waals surface area contributed by atoms with Crippen molar-refractivity contribution in [3.8, 4) is 5.75 Å². The smallest absolute Gasteiger partial charge is 0.394 e. The van der Waals surface area contributed by atoms with Gasteiger partial charge in [-0.1, -0.05) is 0 Å². The summed E-state index contributed by atoms with van der Waals surface area (Å²) in [6, 6.07) is 2.06. The van der Waals surface area contributed by atoms with Gasteiger partial charge in [-0.2, -0.15) is 8.42 Å². The Kier molecular flexibility index (Phi) is 7.39. The SMILES string of the molecule is CN(C)c1ccc(O)c2c1C[C@H]1C[C@@H]3[C@H](N(C)C)C(O)=C(C(N)=O)C(=O)[C@@]3(O)C(O)=C1C2=O.O=S(=O)(O)O. The molecule has 0 aromatic heterocycles. The van der Waals surface area contributed by atoms with Crippen LogP contribution in [0.2, 0.25) is 0 Å². The second-order valence-electron chi connectivity index (χ2n) is 9.76. The summed E-state index contributed by atoms with van der Waals surface area (Å²) in [6.07, 6.45) is 0.324. The molecule has 1 aromatic carbocycles. The Labute approximate surface area is 217 Å². The van der Waals surface area contributed by atoms with Crippen LogP contribution < -0.4 is 10.6 Å². The summed E-state index contributed by atoms with van der Waals surface area (Å²) >= 11 is 0. The highest BCUT2D eigenvalue weighted by atomic mass is 32.3. The summed E-state index contributed by atoms with van der Waals surface area (Å²) in [4.78, 5) is 42.0. The van der Waals surface area contributed by atoms with Crippen molar-refractivity contribution in [3.63, 3.8) is 0 Å². The Bertz CT molecular complexity index is 1390. The highest BCUT2D eigenvalue weighted by Gasteiger charge is 2.63. The third-order valence-electron chi connectivity index (χ3n) is 7.06. The van der Waals surface area contributed by atoms with Crippen LogP contribution in [0.15, 0.2) is 34.8 Å². The van der Waals surface area contributed by atoms with Crippen molar-refractivity contribution in [1.29, 1.82) is 0 Å². The molecule has 1 aromatic rings. The number of benzene rings is 1. The van der Waals surface area contributed by atoms with E-state index in [1.165, 1.54) is 11.0 Å². The predicted octanol–water partition coefficient (Wildman–Crippen LogP) is -0.466. The van der Waals surface area contributed by atoms with Crippen molar-refractivity contribution in [1.82, 2.24) is 4.90 Å².